The van der Waals surface area contributed by atoms with Gasteiger partial charge in [0.25, 0.3) is 5.91 Å². The minimum Gasteiger partial charge on any atom is -0.340 e. The Hall–Kier alpha value is -0.940. The first-order valence-corrected chi connectivity index (χ1v) is 7.04. The molecule has 1 aliphatic heterocycles. The summed E-state index contributed by atoms with van der Waals surface area (Å²) in [7, 11) is 1.85. The number of carbonyl (C=O) groups is 1. The van der Waals surface area contributed by atoms with Gasteiger partial charge in [0.15, 0.2) is 0 Å². The predicted octanol–water partition coefficient (Wildman–Crippen LogP) is 1.92. The van der Waals surface area contributed by atoms with Crippen LogP contribution >= 0.6 is 15.9 Å². The quantitative estimate of drug-likeness (QED) is 0.927. The standard InChI is InChI=1S/C13H18BrN3O/c1-17(9-10-4-2-6-15-8-10)13(18)12-11(14)5-3-7-16-12/h3,5,7,10,15H,2,4,6,8-9H2,1H3. The molecule has 98 valence electrons. The SMILES string of the molecule is CN(CC1CCCNC1)C(=O)c1ncccc1Br. The number of nitrogens with zero attached hydrogens (tertiary/aromatic N) is 2. The van der Waals surface area contributed by atoms with Gasteiger partial charge in [0.1, 0.15) is 5.69 Å². The van der Waals surface area contributed by atoms with Crippen molar-refractivity contribution in [2.75, 3.05) is 26.7 Å². The minimum absolute atomic E-state index is 0.0203. The molecule has 1 aromatic rings. The van der Waals surface area contributed by atoms with E-state index in [1.165, 1.54) is 12.8 Å². The fraction of sp³-hybridized carbons (Fsp3) is 0.538. The Morgan fingerprint density at radius 2 is 2.50 bits per heavy atom. The van der Waals surface area contributed by atoms with E-state index in [9.17, 15) is 4.79 Å². The Labute approximate surface area is 116 Å². The predicted molar refractivity (Wildman–Crippen MR) is 74.5 cm³/mol. The summed E-state index contributed by atoms with van der Waals surface area (Å²) in [6, 6.07) is 3.65. The van der Waals surface area contributed by atoms with Gasteiger partial charge in [0, 0.05) is 24.3 Å². The number of nitrogens with one attached hydrogen (secondary N) is 1. The van der Waals surface area contributed by atoms with Gasteiger partial charge in [-0.1, -0.05) is 0 Å². The lowest BCUT2D eigenvalue weighted by molar-refractivity contribution is 0.0758. The molecular weight excluding hydrogens is 294 g/mol. The first-order chi connectivity index (χ1) is 8.68. The first-order valence-electron chi connectivity index (χ1n) is 6.25. The molecule has 0 radical (unpaired) electrons. The van der Waals surface area contributed by atoms with Crippen molar-refractivity contribution in [3.05, 3.63) is 28.5 Å². The monoisotopic (exact) mass is 311 g/mol. The van der Waals surface area contributed by atoms with Crippen LogP contribution in [0.2, 0.25) is 0 Å². The van der Waals surface area contributed by atoms with Crippen LogP contribution in [0.4, 0.5) is 0 Å². The lowest BCUT2D eigenvalue weighted by Crippen LogP contribution is -2.39. The second kappa shape index (κ2) is 6.29. The third kappa shape index (κ3) is 3.29. The summed E-state index contributed by atoms with van der Waals surface area (Å²) in [5.74, 6) is 0.531. The minimum atomic E-state index is -0.0203. The van der Waals surface area contributed by atoms with E-state index < -0.39 is 0 Å². The van der Waals surface area contributed by atoms with Gasteiger partial charge in [-0.3, -0.25) is 4.79 Å². The Morgan fingerprint density at radius 1 is 1.67 bits per heavy atom. The lowest BCUT2D eigenvalue weighted by Gasteiger charge is -2.27. The summed E-state index contributed by atoms with van der Waals surface area (Å²) in [6.07, 6.45) is 4.03. The molecule has 1 aliphatic rings. The number of carbonyl (C=O) groups excluding carboxylic acids is 1. The van der Waals surface area contributed by atoms with Crippen LogP contribution in [0.1, 0.15) is 23.3 Å². The van der Waals surface area contributed by atoms with Crippen molar-refractivity contribution in [3.63, 3.8) is 0 Å². The Morgan fingerprint density at radius 3 is 3.17 bits per heavy atom. The number of pyridine rings is 1. The second-order valence-corrected chi connectivity index (χ2v) is 5.59. The summed E-state index contributed by atoms with van der Waals surface area (Å²) in [5, 5.41) is 3.37. The molecule has 1 unspecified atom stereocenters. The number of piperidine rings is 1. The summed E-state index contributed by atoms with van der Waals surface area (Å²) in [4.78, 5) is 18.2. The molecule has 0 aromatic carbocycles. The fourth-order valence-corrected chi connectivity index (χ4v) is 2.70. The molecule has 5 heteroatoms. The van der Waals surface area contributed by atoms with E-state index in [2.05, 4.69) is 26.2 Å². The molecule has 1 fully saturated rings. The second-order valence-electron chi connectivity index (χ2n) is 4.73. The summed E-state index contributed by atoms with van der Waals surface area (Å²) >= 11 is 3.37. The Bertz CT molecular complexity index is 418. The zero-order valence-corrected chi connectivity index (χ0v) is 12.1. The van der Waals surface area contributed by atoms with Crippen LogP contribution in [-0.4, -0.2) is 42.5 Å². The maximum absolute atomic E-state index is 12.3. The molecule has 4 nitrogen and oxygen atoms in total. The molecule has 18 heavy (non-hydrogen) atoms. The Balaban J connectivity index is 1.98. The number of hydrogen-bond donors (Lipinski definition) is 1. The van der Waals surface area contributed by atoms with Crippen molar-refractivity contribution in [1.82, 2.24) is 15.2 Å². The maximum atomic E-state index is 12.3. The van der Waals surface area contributed by atoms with Crippen LogP contribution in [0.25, 0.3) is 0 Å². The fourth-order valence-electron chi connectivity index (χ4n) is 2.27. The van der Waals surface area contributed by atoms with Crippen LogP contribution < -0.4 is 5.32 Å². The highest BCUT2D eigenvalue weighted by atomic mass is 79.9. The van der Waals surface area contributed by atoms with E-state index >= 15 is 0 Å². The highest BCUT2D eigenvalue weighted by molar-refractivity contribution is 9.10. The van der Waals surface area contributed by atoms with E-state index in [0.29, 0.717) is 11.6 Å². The molecule has 2 rings (SSSR count). The number of halogens is 1. The van der Waals surface area contributed by atoms with Gasteiger partial charge in [0.2, 0.25) is 0 Å². The van der Waals surface area contributed by atoms with E-state index in [1.54, 1.807) is 11.1 Å². The first kappa shape index (κ1) is 13.5. The molecule has 1 N–H and O–H groups in total. The lowest BCUT2D eigenvalue weighted by atomic mass is 9.99. The number of rotatable bonds is 3. The smallest absolute Gasteiger partial charge is 0.273 e. The van der Waals surface area contributed by atoms with Crippen LogP contribution in [0, 0.1) is 5.92 Å². The maximum Gasteiger partial charge on any atom is 0.273 e. The van der Waals surface area contributed by atoms with Gasteiger partial charge >= 0.3 is 0 Å². The van der Waals surface area contributed by atoms with Crippen molar-refractivity contribution in [1.29, 1.82) is 0 Å². The van der Waals surface area contributed by atoms with Gasteiger partial charge in [0.05, 0.1) is 0 Å². The topological polar surface area (TPSA) is 45.2 Å². The normalized spacial score (nSPS) is 19.6. The highest BCUT2D eigenvalue weighted by Gasteiger charge is 2.20. The average molecular weight is 312 g/mol. The molecular formula is C13H18BrN3O. The molecule has 1 saturated heterocycles. The molecule has 2 heterocycles. The van der Waals surface area contributed by atoms with E-state index in [0.717, 1.165) is 24.1 Å². The van der Waals surface area contributed by atoms with Crippen molar-refractivity contribution in [2.24, 2.45) is 5.92 Å². The van der Waals surface area contributed by atoms with E-state index in [4.69, 9.17) is 0 Å². The van der Waals surface area contributed by atoms with Crippen molar-refractivity contribution in [2.45, 2.75) is 12.8 Å². The molecule has 0 bridgehead atoms. The third-order valence-corrected chi connectivity index (χ3v) is 3.88. The van der Waals surface area contributed by atoms with Gasteiger partial charge in [-0.15, -0.1) is 0 Å². The number of aromatic nitrogens is 1. The van der Waals surface area contributed by atoms with E-state index in [1.807, 2.05) is 19.2 Å². The van der Waals surface area contributed by atoms with E-state index in [-0.39, 0.29) is 5.91 Å². The average Bonchev–Trinajstić information content (AvgIpc) is 2.39. The molecule has 1 amide bonds. The molecule has 1 atom stereocenters. The molecule has 0 spiro atoms. The molecule has 0 saturated carbocycles. The van der Waals surface area contributed by atoms with Gasteiger partial charge in [-0.2, -0.15) is 0 Å². The van der Waals surface area contributed by atoms with Crippen molar-refractivity contribution < 1.29 is 4.79 Å². The third-order valence-electron chi connectivity index (χ3n) is 3.24. The molecule has 0 aliphatic carbocycles. The van der Waals surface area contributed by atoms with Gasteiger partial charge in [-0.25, -0.2) is 4.98 Å². The number of hydrogen-bond acceptors (Lipinski definition) is 3. The number of amides is 1. The van der Waals surface area contributed by atoms with Crippen LogP contribution in [0.15, 0.2) is 22.8 Å². The summed E-state index contributed by atoms with van der Waals surface area (Å²) in [6.45, 7) is 2.88. The molecule has 1 aromatic heterocycles. The van der Waals surface area contributed by atoms with Crippen LogP contribution in [0.5, 0.6) is 0 Å². The van der Waals surface area contributed by atoms with Crippen LogP contribution in [0.3, 0.4) is 0 Å². The van der Waals surface area contributed by atoms with Crippen molar-refractivity contribution >= 4 is 21.8 Å². The van der Waals surface area contributed by atoms with Gasteiger partial charge < -0.3 is 10.2 Å². The largest absolute Gasteiger partial charge is 0.340 e. The van der Waals surface area contributed by atoms with Crippen LogP contribution in [-0.2, 0) is 0 Å². The summed E-state index contributed by atoms with van der Waals surface area (Å²) in [5.41, 5.74) is 0.490. The zero-order valence-electron chi connectivity index (χ0n) is 10.5. The Kier molecular flexibility index (Phi) is 4.72. The summed E-state index contributed by atoms with van der Waals surface area (Å²) < 4.78 is 0.753. The highest BCUT2D eigenvalue weighted by Crippen LogP contribution is 2.17. The zero-order chi connectivity index (χ0) is 13.0. The van der Waals surface area contributed by atoms with Gasteiger partial charge in [-0.05, 0) is 59.9 Å². The van der Waals surface area contributed by atoms with Crippen molar-refractivity contribution in [3.8, 4) is 0 Å².